The van der Waals surface area contributed by atoms with Crippen molar-refractivity contribution in [1.29, 1.82) is 0 Å². The quantitative estimate of drug-likeness (QED) is 0.666. The van der Waals surface area contributed by atoms with Crippen LogP contribution in [-0.4, -0.2) is 6.61 Å². The molecule has 0 N–H and O–H groups in total. The molecule has 0 aliphatic rings. The van der Waals surface area contributed by atoms with E-state index in [0.717, 1.165) is 5.56 Å². The van der Waals surface area contributed by atoms with Crippen molar-refractivity contribution in [3.63, 3.8) is 0 Å². The minimum absolute atomic E-state index is 0.146. The Kier molecular flexibility index (Phi) is 3.69. The van der Waals surface area contributed by atoms with Crippen molar-refractivity contribution >= 4 is 0 Å². The van der Waals surface area contributed by atoms with E-state index in [2.05, 4.69) is 13.5 Å². The Morgan fingerprint density at radius 1 is 1.57 bits per heavy atom. The highest BCUT2D eigenvalue weighted by Crippen LogP contribution is 2.29. The zero-order valence-electron chi connectivity index (χ0n) is 8.29. The molecule has 1 aromatic carbocycles. The number of ether oxygens (including phenoxy) is 1. The van der Waals surface area contributed by atoms with E-state index < -0.39 is 0 Å². The summed E-state index contributed by atoms with van der Waals surface area (Å²) in [7, 11) is 0. The largest absolute Gasteiger partial charge is 0.490 e. The van der Waals surface area contributed by atoms with Gasteiger partial charge in [0.15, 0.2) is 11.6 Å². The molecule has 0 bridgehead atoms. The highest BCUT2D eigenvalue weighted by atomic mass is 19.1. The van der Waals surface area contributed by atoms with Crippen LogP contribution in [0, 0.1) is 12.7 Å². The lowest BCUT2D eigenvalue weighted by molar-refractivity contribution is 0.317. The predicted molar refractivity (Wildman–Crippen MR) is 55.9 cm³/mol. The highest BCUT2D eigenvalue weighted by Gasteiger charge is 2.12. The third kappa shape index (κ3) is 2.13. The first kappa shape index (κ1) is 10.8. The first-order valence-electron chi connectivity index (χ1n) is 4.57. The number of benzene rings is 1. The zero-order chi connectivity index (χ0) is 10.6. The summed E-state index contributed by atoms with van der Waals surface area (Å²) in [5.41, 5.74) is 0.738. The average molecular weight is 193 g/mol. The summed E-state index contributed by atoms with van der Waals surface area (Å²) in [6, 6.07) is 4.83. The van der Waals surface area contributed by atoms with E-state index in [1.165, 1.54) is 6.07 Å². The molecule has 1 aromatic rings. The molecule has 0 spiro atoms. The van der Waals surface area contributed by atoms with Gasteiger partial charge >= 0.3 is 0 Å². The molecule has 0 saturated carbocycles. The average Bonchev–Trinajstić information content (AvgIpc) is 2.20. The molecule has 0 heterocycles. The van der Waals surface area contributed by atoms with Crippen LogP contribution in [0.3, 0.4) is 0 Å². The Bertz CT molecular complexity index is 320. The Balaban J connectivity index is 3.13. The van der Waals surface area contributed by atoms with Gasteiger partial charge in [0.25, 0.3) is 0 Å². The maximum atomic E-state index is 13.3. The smallest absolute Gasteiger partial charge is 0.165 e. The Morgan fingerprint density at radius 2 is 2.29 bits per heavy atom. The van der Waals surface area contributed by atoms with Crippen molar-refractivity contribution < 1.29 is 9.13 Å². The standard InChI is InChI=1S/C12H14FO/c1-4-9(3)10-7-6-8-11(13)12(10)14-5-2/h4,6-9H,1,3,5H2,2H3. The van der Waals surface area contributed by atoms with Gasteiger partial charge in [0.1, 0.15) is 0 Å². The second-order valence-electron chi connectivity index (χ2n) is 2.93. The molecule has 0 aromatic heterocycles. The van der Waals surface area contributed by atoms with Gasteiger partial charge in [-0.3, -0.25) is 0 Å². The SMILES string of the molecule is [CH2]C(C=C)c1cccc(F)c1OCC. The maximum Gasteiger partial charge on any atom is 0.165 e. The van der Waals surface area contributed by atoms with E-state index in [1.807, 2.05) is 6.92 Å². The molecule has 0 amide bonds. The van der Waals surface area contributed by atoms with Crippen molar-refractivity contribution in [3.05, 3.63) is 49.2 Å². The number of allylic oxidation sites excluding steroid dienone is 1. The van der Waals surface area contributed by atoms with Crippen LogP contribution in [0.4, 0.5) is 4.39 Å². The van der Waals surface area contributed by atoms with Crippen LogP contribution in [0.15, 0.2) is 30.9 Å². The first-order valence-corrected chi connectivity index (χ1v) is 4.57. The highest BCUT2D eigenvalue weighted by molar-refractivity contribution is 5.40. The second kappa shape index (κ2) is 4.80. The van der Waals surface area contributed by atoms with Gasteiger partial charge in [-0.15, -0.1) is 6.58 Å². The summed E-state index contributed by atoms with van der Waals surface area (Å²) in [6.45, 7) is 9.74. The Labute approximate surface area is 84.2 Å². The number of para-hydroxylation sites is 1. The molecule has 14 heavy (non-hydrogen) atoms. The summed E-state index contributed by atoms with van der Waals surface area (Å²) >= 11 is 0. The minimum Gasteiger partial charge on any atom is -0.490 e. The fourth-order valence-electron chi connectivity index (χ4n) is 1.24. The lowest BCUT2D eigenvalue weighted by atomic mass is 10.0. The van der Waals surface area contributed by atoms with Crippen LogP contribution in [0.2, 0.25) is 0 Å². The maximum absolute atomic E-state index is 13.3. The first-order chi connectivity index (χ1) is 6.70. The van der Waals surface area contributed by atoms with Crippen molar-refractivity contribution in [2.75, 3.05) is 6.61 Å². The summed E-state index contributed by atoms with van der Waals surface area (Å²) in [4.78, 5) is 0. The molecular formula is C12H14FO. The van der Waals surface area contributed by atoms with Crippen LogP contribution in [0.1, 0.15) is 18.4 Å². The van der Waals surface area contributed by atoms with E-state index in [0.29, 0.717) is 6.61 Å². The number of rotatable bonds is 4. The molecule has 0 saturated heterocycles. The molecule has 0 aliphatic heterocycles. The van der Waals surface area contributed by atoms with E-state index in [4.69, 9.17) is 4.74 Å². The van der Waals surface area contributed by atoms with Crippen LogP contribution >= 0.6 is 0 Å². The fraction of sp³-hybridized carbons (Fsp3) is 0.250. The van der Waals surface area contributed by atoms with Gasteiger partial charge in [-0.2, -0.15) is 0 Å². The molecule has 1 radical (unpaired) electrons. The topological polar surface area (TPSA) is 9.23 Å². The summed E-state index contributed by atoms with van der Waals surface area (Å²) in [5.74, 6) is -0.206. The monoisotopic (exact) mass is 193 g/mol. The molecule has 75 valence electrons. The Hall–Kier alpha value is -1.31. The summed E-state index contributed by atoms with van der Waals surface area (Å²) < 4.78 is 18.6. The molecule has 1 atom stereocenters. The van der Waals surface area contributed by atoms with Crippen LogP contribution in [0.25, 0.3) is 0 Å². The van der Waals surface area contributed by atoms with Crippen LogP contribution < -0.4 is 4.74 Å². The molecule has 1 rings (SSSR count). The number of hydrogen-bond donors (Lipinski definition) is 0. The van der Waals surface area contributed by atoms with Crippen LogP contribution in [0.5, 0.6) is 5.75 Å². The predicted octanol–water partition coefficient (Wildman–Crippen LogP) is 3.33. The fourth-order valence-corrected chi connectivity index (χ4v) is 1.24. The van der Waals surface area contributed by atoms with Gasteiger partial charge in [-0.1, -0.05) is 18.2 Å². The third-order valence-electron chi connectivity index (χ3n) is 1.97. The van der Waals surface area contributed by atoms with Gasteiger partial charge in [0, 0.05) is 11.5 Å². The normalized spacial score (nSPS) is 12.2. The van der Waals surface area contributed by atoms with Gasteiger partial charge in [0.05, 0.1) is 6.61 Å². The molecule has 0 aliphatic carbocycles. The zero-order valence-corrected chi connectivity index (χ0v) is 8.29. The molecule has 1 nitrogen and oxygen atoms in total. The minimum atomic E-state index is -0.347. The van der Waals surface area contributed by atoms with Crippen molar-refractivity contribution in [1.82, 2.24) is 0 Å². The molecule has 0 fully saturated rings. The van der Waals surface area contributed by atoms with E-state index in [1.54, 1.807) is 18.2 Å². The van der Waals surface area contributed by atoms with E-state index in [-0.39, 0.29) is 17.5 Å². The van der Waals surface area contributed by atoms with E-state index >= 15 is 0 Å². The molecular weight excluding hydrogens is 179 g/mol. The van der Waals surface area contributed by atoms with Crippen molar-refractivity contribution in [2.45, 2.75) is 12.8 Å². The Morgan fingerprint density at radius 3 is 2.86 bits per heavy atom. The third-order valence-corrected chi connectivity index (χ3v) is 1.97. The van der Waals surface area contributed by atoms with Gasteiger partial charge in [0.2, 0.25) is 0 Å². The van der Waals surface area contributed by atoms with Gasteiger partial charge < -0.3 is 4.74 Å². The summed E-state index contributed by atoms with van der Waals surface area (Å²) in [5, 5.41) is 0. The van der Waals surface area contributed by atoms with Crippen molar-refractivity contribution in [3.8, 4) is 5.75 Å². The summed E-state index contributed by atoms with van der Waals surface area (Å²) in [6.07, 6.45) is 1.66. The van der Waals surface area contributed by atoms with Crippen LogP contribution in [-0.2, 0) is 0 Å². The second-order valence-corrected chi connectivity index (χ2v) is 2.93. The van der Waals surface area contributed by atoms with Gasteiger partial charge in [-0.25, -0.2) is 4.39 Å². The number of hydrogen-bond acceptors (Lipinski definition) is 1. The van der Waals surface area contributed by atoms with Crippen molar-refractivity contribution in [2.24, 2.45) is 0 Å². The van der Waals surface area contributed by atoms with Gasteiger partial charge in [-0.05, 0) is 19.9 Å². The lowest BCUT2D eigenvalue weighted by Crippen LogP contribution is -2.01. The molecule has 1 unspecified atom stereocenters. The number of halogens is 1. The van der Waals surface area contributed by atoms with E-state index in [9.17, 15) is 4.39 Å². The lowest BCUT2D eigenvalue weighted by Gasteiger charge is -2.13. The molecule has 2 heteroatoms.